The molecule has 2 unspecified atom stereocenters. The molecule has 0 N–H and O–H groups in total. The minimum atomic E-state index is -5.05. The zero-order valence-electron chi connectivity index (χ0n) is 16.9. The lowest BCUT2D eigenvalue weighted by molar-refractivity contribution is -0.00641. The van der Waals surface area contributed by atoms with Crippen molar-refractivity contribution < 1.29 is 31.1 Å². The summed E-state index contributed by atoms with van der Waals surface area (Å²) in [5.41, 5.74) is -2.00. The maximum Gasteiger partial charge on any atom is 0.410 e. The number of hydrogen-bond donors (Lipinski definition) is 0. The first-order valence-corrected chi connectivity index (χ1v) is 10.9. The Kier molecular flexibility index (Phi) is 6.54. The van der Waals surface area contributed by atoms with Crippen molar-refractivity contribution in [1.29, 1.82) is 0 Å². The van der Waals surface area contributed by atoms with E-state index in [0.717, 1.165) is 16.5 Å². The van der Waals surface area contributed by atoms with Crippen molar-refractivity contribution >= 4 is 27.5 Å². The highest BCUT2D eigenvalue weighted by Crippen LogP contribution is 2.42. The minimum Gasteiger partial charge on any atom is -0.444 e. The second kappa shape index (κ2) is 7.98. The molecule has 0 aromatic carbocycles. The molecule has 2 heterocycles. The molecule has 166 valence electrons. The van der Waals surface area contributed by atoms with Gasteiger partial charge in [0.1, 0.15) is 21.3 Å². The van der Waals surface area contributed by atoms with Crippen LogP contribution in [0.2, 0.25) is 5.15 Å². The third kappa shape index (κ3) is 4.50. The van der Waals surface area contributed by atoms with E-state index < -0.39 is 54.7 Å². The second-order valence-electron chi connectivity index (χ2n) is 8.10. The molecule has 1 aromatic rings. The maximum atomic E-state index is 15.9. The van der Waals surface area contributed by atoms with Crippen LogP contribution in [0, 0.1) is 0 Å². The molecule has 12 heteroatoms. The Morgan fingerprint density at radius 2 is 1.86 bits per heavy atom. The standard InChI is InChI=1S/C17H25ClF3N3O4S/c1-16(2,3)28-15(25)24-9-7-6-8-10(24)17(4,21)29(26,27)12-11(14(19)20)22-23(5)13(12)18/h10,14H,6-9H2,1-5H3. The largest absolute Gasteiger partial charge is 0.444 e. The Morgan fingerprint density at radius 3 is 2.38 bits per heavy atom. The molecule has 1 amide bonds. The number of aromatic nitrogens is 2. The van der Waals surface area contributed by atoms with Gasteiger partial charge >= 0.3 is 6.09 Å². The Balaban J connectivity index is 2.53. The summed E-state index contributed by atoms with van der Waals surface area (Å²) in [6.45, 7) is 5.71. The fourth-order valence-electron chi connectivity index (χ4n) is 3.28. The van der Waals surface area contributed by atoms with Gasteiger partial charge < -0.3 is 9.64 Å². The van der Waals surface area contributed by atoms with Crippen molar-refractivity contribution in [3.05, 3.63) is 10.8 Å². The molecule has 1 aromatic heterocycles. The van der Waals surface area contributed by atoms with Crippen molar-refractivity contribution in [3.8, 4) is 0 Å². The van der Waals surface area contributed by atoms with Gasteiger partial charge in [0.05, 0.1) is 6.04 Å². The summed E-state index contributed by atoms with van der Waals surface area (Å²) in [6.07, 6.45) is -3.13. The number of ether oxygens (including phenoxy) is 1. The van der Waals surface area contributed by atoms with E-state index in [1.54, 1.807) is 20.8 Å². The normalized spacial score (nSPS) is 20.6. The van der Waals surface area contributed by atoms with Gasteiger partial charge in [0.15, 0.2) is 0 Å². The highest BCUT2D eigenvalue weighted by atomic mass is 35.5. The van der Waals surface area contributed by atoms with Gasteiger partial charge in [-0.25, -0.2) is 26.4 Å². The number of rotatable bonds is 4. The Morgan fingerprint density at radius 1 is 1.28 bits per heavy atom. The van der Waals surface area contributed by atoms with Gasteiger partial charge in [0, 0.05) is 13.6 Å². The van der Waals surface area contributed by atoms with E-state index in [1.807, 2.05) is 0 Å². The number of amides is 1. The summed E-state index contributed by atoms with van der Waals surface area (Å²) in [5.74, 6) is 0. The van der Waals surface area contributed by atoms with E-state index >= 15 is 4.39 Å². The van der Waals surface area contributed by atoms with Crippen LogP contribution in [0.1, 0.15) is 59.1 Å². The van der Waals surface area contributed by atoms with Crippen LogP contribution < -0.4 is 0 Å². The van der Waals surface area contributed by atoms with Gasteiger partial charge in [-0.15, -0.1) is 0 Å². The highest BCUT2D eigenvalue weighted by molar-refractivity contribution is 7.92. The van der Waals surface area contributed by atoms with Crippen LogP contribution in [-0.2, 0) is 21.6 Å². The zero-order valence-corrected chi connectivity index (χ0v) is 18.5. The number of likely N-dealkylation sites (tertiary alicyclic amines) is 1. The Bertz CT molecular complexity index is 881. The molecule has 1 aliphatic rings. The quantitative estimate of drug-likeness (QED) is 0.672. The number of piperidine rings is 1. The molecule has 2 atom stereocenters. The third-order valence-electron chi connectivity index (χ3n) is 4.69. The van der Waals surface area contributed by atoms with Crippen LogP contribution in [0.4, 0.5) is 18.0 Å². The monoisotopic (exact) mass is 459 g/mol. The average molecular weight is 460 g/mol. The van der Waals surface area contributed by atoms with Gasteiger partial charge in [0.25, 0.3) is 6.43 Å². The van der Waals surface area contributed by atoms with Crippen LogP contribution >= 0.6 is 11.6 Å². The SMILES string of the molecule is Cn1nc(C(F)F)c(S(=O)(=O)C(C)(F)C2CCCCN2C(=O)OC(C)(C)C)c1Cl. The lowest BCUT2D eigenvalue weighted by atomic mass is 9.99. The van der Waals surface area contributed by atoms with Crippen LogP contribution in [0.15, 0.2) is 4.90 Å². The lowest BCUT2D eigenvalue weighted by Gasteiger charge is -2.42. The molecule has 0 saturated carbocycles. The number of aryl methyl sites for hydroxylation is 1. The summed E-state index contributed by atoms with van der Waals surface area (Å²) in [4.78, 5) is 12.5. The van der Waals surface area contributed by atoms with Gasteiger partial charge in [-0.2, -0.15) is 5.10 Å². The van der Waals surface area contributed by atoms with Crippen molar-refractivity contribution in [1.82, 2.24) is 14.7 Å². The topological polar surface area (TPSA) is 81.5 Å². The summed E-state index contributed by atoms with van der Waals surface area (Å²) < 4.78 is 75.0. The number of sulfone groups is 1. The third-order valence-corrected chi connectivity index (χ3v) is 7.50. The first-order valence-electron chi connectivity index (χ1n) is 9.05. The number of hydrogen-bond acceptors (Lipinski definition) is 5. The summed E-state index contributed by atoms with van der Waals surface area (Å²) in [6, 6.07) is -1.43. The highest BCUT2D eigenvalue weighted by Gasteiger charge is 2.54. The minimum absolute atomic E-state index is 0.0212. The molecule has 7 nitrogen and oxygen atoms in total. The molecular formula is C17H25ClF3N3O4S. The molecule has 2 rings (SSSR count). The van der Waals surface area contributed by atoms with E-state index in [1.165, 1.54) is 7.05 Å². The van der Waals surface area contributed by atoms with Crippen molar-refractivity contribution in [3.63, 3.8) is 0 Å². The van der Waals surface area contributed by atoms with Gasteiger partial charge in [0.2, 0.25) is 14.8 Å². The van der Waals surface area contributed by atoms with Crippen LogP contribution in [-0.4, -0.2) is 52.4 Å². The van der Waals surface area contributed by atoms with E-state index in [0.29, 0.717) is 12.8 Å². The fraction of sp³-hybridized carbons (Fsp3) is 0.765. The van der Waals surface area contributed by atoms with Gasteiger partial charge in [-0.3, -0.25) is 4.68 Å². The van der Waals surface area contributed by atoms with Crippen molar-refractivity contribution in [2.75, 3.05) is 6.54 Å². The van der Waals surface area contributed by atoms with Crippen LogP contribution in [0.5, 0.6) is 0 Å². The van der Waals surface area contributed by atoms with E-state index in [2.05, 4.69) is 5.10 Å². The number of alkyl halides is 3. The first kappa shape index (κ1) is 23.8. The number of nitrogens with zero attached hydrogens (tertiary/aromatic N) is 3. The molecule has 29 heavy (non-hydrogen) atoms. The predicted molar refractivity (Wildman–Crippen MR) is 100 cm³/mol. The number of halogens is 4. The van der Waals surface area contributed by atoms with Gasteiger partial charge in [-0.05, 0) is 47.0 Å². The zero-order chi connectivity index (χ0) is 22.4. The molecule has 1 aliphatic heterocycles. The molecule has 0 spiro atoms. The average Bonchev–Trinajstić information content (AvgIpc) is 2.89. The van der Waals surface area contributed by atoms with E-state index in [9.17, 15) is 22.0 Å². The maximum absolute atomic E-state index is 15.9. The molecule has 1 saturated heterocycles. The fourth-order valence-corrected chi connectivity index (χ4v) is 5.48. The summed E-state index contributed by atoms with van der Waals surface area (Å²) in [5, 5.41) is -0.297. The molecule has 0 bridgehead atoms. The molecule has 0 radical (unpaired) electrons. The second-order valence-corrected chi connectivity index (χ2v) is 10.7. The summed E-state index contributed by atoms with van der Waals surface area (Å²) in [7, 11) is -3.87. The van der Waals surface area contributed by atoms with Crippen LogP contribution in [0.3, 0.4) is 0 Å². The Labute approximate surface area is 173 Å². The first-order chi connectivity index (χ1) is 13.1. The molecular weight excluding hydrogens is 435 g/mol. The molecule has 0 aliphatic carbocycles. The number of carbonyl (C=O) groups is 1. The Hall–Kier alpha value is -1.49. The summed E-state index contributed by atoms with van der Waals surface area (Å²) >= 11 is 5.89. The van der Waals surface area contributed by atoms with E-state index in [4.69, 9.17) is 16.3 Å². The number of carbonyl (C=O) groups excluding carboxylic acids is 1. The lowest BCUT2D eigenvalue weighted by Crippen LogP contribution is -2.57. The smallest absolute Gasteiger partial charge is 0.410 e. The predicted octanol–water partition coefficient (Wildman–Crippen LogP) is 4.26. The van der Waals surface area contributed by atoms with Crippen molar-refractivity contribution in [2.45, 2.75) is 74.9 Å². The van der Waals surface area contributed by atoms with Crippen LogP contribution in [0.25, 0.3) is 0 Å². The van der Waals surface area contributed by atoms with Gasteiger partial charge in [-0.1, -0.05) is 11.6 Å². The van der Waals surface area contributed by atoms with Crippen molar-refractivity contribution in [2.24, 2.45) is 7.05 Å². The van der Waals surface area contributed by atoms with E-state index in [-0.39, 0.29) is 13.0 Å². The molecule has 1 fully saturated rings.